The van der Waals surface area contributed by atoms with Crippen molar-refractivity contribution in [3.05, 3.63) is 35.9 Å². The molecule has 0 fully saturated rings. The van der Waals surface area contributed by atoms with Crippen molar-refractivity contribution in [2.75, 3.05) is 0 Å². The van der Waals surface area contributed by atoms with Gasteiger partial charge in [-0.2, -0.15) is 8.42 Å². The van der Waals surface area contributed by atoms with Crippen LogP contribution in [0.3, 0.4) is 0 Å². The van der Waals surface area contributed by atoms with Gasteiger partial charge in [0.1, 0.15) is 5.75 Å². The zero-order valence-electron chi connectivity index (χ0n) is 8.99. The monoisotopic (exact) mass is 267 g/mol. The van der Waals surface area contributed by atoms with Gasteiger partial charge in [0.15, 0.2) is 0 Å². The Hall–Kier alpha value is -2.12. The minimum atomic E-state index is -4.32. The second-order valence-electron chi connectivity index (χ2n) is 3.68. The molecule has 1 amide bonds. The van der Waals surface area contributed by atoms with Crippen molar-refractivity contribution >= 4 is 26.8 Å². The highest BCUT2D eigenvalue weighted by molar-refractivity contribution is 7.85. The number of amides is 1. The summed E-state index contributed by atoms with van der Waals surface area (Å²) in [5.41, 5.74) is 5.05. The van der Waals surface area contributed by atoms with Crippen molar-refractivity contribution in [1.29, 1.82) is 0 Å². The maximum Gasteiger partial charge on any atom is 0.294 e. The Bertz CT molecular complexity index is 751. The largest absolute Gasteiger partial charge is 0.507 e. The number of aromatic hydroxyl groups is 1. The molecule has 0 aliphatic carbocycles. The molecule has 2 rings (SSSR count). The molecule has 18 heavy (non-hydrogen) atoms. The van der Waals surface area contributed by atoms with Crippen molar-refractivity contribution in [3.63, 3.8) is 0 Å². The molecule has 0 radical (unpaired) electrons. The van der Waals surface area contributed by atoms with Gasteiger partial charge in [0.2, 0.25) is 0 Å². The fraction of sp³-hybridized carbons (Fsp3) is 0. The lowest BCUT2D eigenvalue weighted by atomic mass is 10.0. The highest BCUT2D eigenvalue weighted by atomic mass is 32.2. The summed E-state index contributed by atoms with van der Waals surface area (Å²) in [6.45, 7) is 0. The Balaban J connectivity index is 2.84. The van der Waals surface area contributed by atoms with Crippen molar-refractivity contribution in [1.82, 2.24) is 0 Å². The average Bonchev–Trinajstić information content (AvgIpc) is 2.26. The Labute approximate surface area is 102 Å². The highest BCUT2D eigenvalue weighted by Crippen LogP contribution is 2.28. The van der Waals surface area contributed by atoms with Crippen molar-refractivity contribution in [2.24, 2.45) is 5.73 Å². The average molecular weight is 267 g/mol. The van der Waals surface area contributed by atoms with Gasteiger partial charge >= 0.3 is 0 Å². The zero-order valence-corrected chi connectivity index (χ0v) is 9.81. The van der Waals surface area contributed by atoms with Crippen LogP contribution in [0.2, 0.25) is 0 Å². The minimum absolute atomic E-state index is 0.0885. The summed E-state index contributed by atoms with van der Waals surface area (Å²) in [5.74, 6) is -1.10. The van der Waals surface area contributed by atoms with Crippen LogP contribution in [0.1, 0.15) is 10.4 Å². The third kappa shape index (κ3) is 2.01. The number of carbonyl (C=O) groups is 1. The number of fused-ring (bicyclic) bond motifs is 1. The molecule has 2 aromatic rings. The number of rotatable bonds is 2. The number of nitrogens with two attached hydrogens (primary N) is 1. The molecule has 0 unspecified atom stereocenters. The molecule has 0 saturated heterocycles. The number of hydrogen-bond acceptors (Lipinski definition) is 4. The Kier molecular flexibility index (Phi) is 2.72. The molecule has 2 aromatic carbocycles. The molecular formula is C11H9NO5S. The van der Waals surface area contributed by atoms with Crippen LogP contribution in [-0.4, -0.2) is 24.0 Å². The molecule has 0 atom stereocenters. The van der Waals surface area contributed by atoms with Gasteiger partial charge in [-0.15, -0.1) is 0 Å². The summed E-state index contributed by atoms with van der Waals surface area (Å²) in [6.07, 6.45) is 0. The van der Waals surface area contributed by atoms with E-state index in [2.05, 4.69) is 0 Å². The van der Waals surface area contributed by atoms with E-state index in [-0.39, 0.29) is 16.2 Å². The van der Waals surface area contributed by atoms with Crippen LogP contribution in [0.25, 0.3) is 10.8 Å². The number of benzene rings is 2. The Morgan fingerprint density at radius 1 is 1.17 bits per heavy atom. The third-order valence-corrected chi connectivity index (χ3v) is 3.36. The third-order valence-electron chi connectivity index (χ3n) is 2.51. The van der Waals surface area contributed by atoms with Crippen LogP contribution in [0.15, 0.2) is 35.2 Å². The molecule has 0 aromatic heterocycles. The van der Waals surface area contributed by atoms with Gasteiger partial charge < -0.3 is 10.8 Å². The van der Waals surface area contributed by atoms with Crippen LogP contribution in [-0.2, 0) is 10.1 Å². The minimum Gasteiger partial charge on any atom is -0.507 e. The van der Waals surface area contributed by atoms with Crippen LogP contribution >= 0.6 is 0 Å². The normalized spacial score (nSPS) is 11.6. The maximum atomic E-state index is 11.2. The van der Waals surface area contributed by atoms with Crippen LogP contribution in [0, 0.1) is 0 Å². The SMILES string of the molecule is NC(=O)c1c(O)ccc2cc(S(=O)(=O)O)ccc12. The van der Waals surface area contributed by atoms with Crippen LogP contribution in [0.4, 0.5) is 0 Å². The molecule has 0 spiro atoms. The smallest absolute Gasteiger partial charge is 0.294 e. The highest BCUT2D eigenvalue weighted by Gasteiger charge is 2.15. The first-order valence-corrected chi connectivity index (χ1v) is 6.28. The summed E-state index contributed by atoms with van der Waals surface area (Å²) >= 11 is 0. The van der Waals surface area contributed by atoms with E-state index in [0.717, 1.165) is 6.07 Å². The standard InChI is InChI=1S/C11H9NO5S/c12-11(14)10-8-3-2-7(18(15,16)17)5-6(8)1-4-9(10)13/h1-5,13H,(H2,12,14)(H,15,16,17). The topological polar surface area (TPSA) is 118 Å². The van der Waals surface area contributed by atoms with E-state index in [1.54, 1.807) is 0 Å². The van der Waals surface area contributed by atoms with Crippen molar-refractivity contribution in [3.8, 4) is 5.75 Å². The Morgan fingerprint density at radius 3 is 2.39 bits per heavy atom. The van der Waals surface area contributed by atoms with E-state index in [4.69, 9.17) is 10.3 Å². The van der Waals surface area contributed by atoms with E-state index in [1.165, 1.54) is 24.3 Å². The van der Waals surface area contributed by atoms with Gasteiger partial charge in [0.25, 0.3) is 16.0 Å². The summed E-state index contributed by atoms with van der Waals surface area (Å²) in [4.78, 5) is 10.9. The molecule has 0 aliphatic heterocycles. The van der Waals surface area contributed by atoms with Gasteiger partial charge in [0.05, 0.1) is 10.5 Å². The molecule has 94 valence electrons. The van der Waals surface area contributed by atoms with E-state index in [1.807, 2.05) is 0 Å². The molecule has 0 bridgehead atoms. The number of phenols is 1. The second-order valence-corrected chi connectivity index (χ2v) is 5.10. The summed E-state index contributed by atoms with van der Waals surface area (Å²) in [6, 6.07) is 6.28. The molecule has 4 N–H and O–H groups in total. The molecular weight excluding hydrogens is 258 g/mol. The lowest BCUT2D eigenvalue weighted by Crippen LogP contribution is -2.11. The maximum absolute atomic E-state index is 11.2. The van der Waals surface area contributed by atoms with E-state index >= 15 is 0 Å². The van der Waals surface area contributed by atoms with Crippen molar-refractivity contribution in [2.45, 2.75) is 4.90 Å². The van der Waals surface area contributed by atoms with Gasteiger partial charge in [0, 0.05) is 0 Å². The molecule has 7 heteroatoms. The van der Waals surface area contributed by atoms with Gasteiger partial charge in [-0.3, -0.25) is 9.35 Å². The van der Waals surface area contributed by atoms with E-state index < -0.39 is 16.0 Å². The fourth-order valence-electron chi connectivity index (χ4n) is 1.72. The lowest BCUT2D eigenvalue weighted by Gasteiger charge is -2.06. The van der Waals surface area contributed by atoms with Crippen molar-refractivity contribution < 1.29 is 22.9 Å². The predicted molar refractivity (Wildman–Crippen MR) is 63.9 cm³/mol. The number of carbonyl (C=O) groups excluding carboxylic acids is 1. The van der Waals surface area contributed by atoms with E-state index in [9.17, 15) is 18.3 Å². The fourth-order valence-corrected chi connectivity index (χ4v) is 2.23. The summed E-state index contributed by atoms with van der Waals surface area (Å²) < 4.78 is 30.9. The number of primary amides is 1. The first-order valence-electron chi connectivity index (χ1n) is 4.84. The summed E-state index contributed by atoms with van der Waals surface area (Å²) in [7, 11) is -4.32. The first-order chi connectivity index (χ1) is 8.30. The molecule has 0 aliphatic rings. The second kappa shape index (κ2) is 3.97. The van der Waals surface area contributed by atoms with Gasteiger partial charge in [-0.05, 0) is 29.0 Å². The van der Waals surface area contributed by atoms with Crippen LogP contribution in [0.5, 0.6) is 5.75 Å². The molecule has 0 heterocycles. The van der Waals surface area contributed by atoms with E-state index in [0.29, 0.717) is 10.8 Å². The predicted octanol–water partition coefficient (Wildman–Crippen LogP) is 0.891. The number of hydrogen-bond donors (Lipinski definition) is 3. The first kappa shape index (κ1) is 12.3. The van der Waals surface area contributed by atoms with Crippen LogP contribution < -0.4 is 5.73 Å². The zero-order chi connectivity index (χ0) is 13.5. The van der Waals surface area contributed by atoms with Gasteiger partial charge in [-0.1, -0.05) is 12.1 Å². The lowest BCUT2D eigenvalue weighted by molar-refractivity contribution is 0.0999. The quantitative estimate of drug-likeness (QED) is 0.698. The molecule has 6 nitrogen and oxygen atoms in total. The molecule has 0 saturated carbocycles. The Morgan fingerprint density at radius 2 is 1.83 bits per heavy atom. The summed E-state index contributed by atoms with van der Waals surface area (Å²) in [5, 5.41) is 10.2. The van der Waals surface area contributed by atoms with Gasteiger partial charge in [-0.25, -0.2) is 0 Å².